The van der Waals surface area contributed by atoms with Crippen molar-refractivity contribution in [2.45, 2.75) is 30.9 Å². The summed E-state index contributed by atoms with van der Waals surface area (Å²) in [6, 6.07) is 8.37. The summed E-state index contributed by atoms with van der Waals surface area (Å²) in [6.07, 6.45) is 2.71. The van der Waals surface area contributed by atoms with Gasteiger partial charge in [-0.05, 0) is 6.07 Å². The Hall–Kier alpha value is -1.79. The minimum Gasteiger partial charge on any atom is -0.493 e. The Morgan fingerprint density at radius 1 is 1.29 bits per heavy atom. The van der Waals surface area contributed by atoms with Crippen molar-refractivity contribution in [3.63, 3.8) is 0 Å². The summed E-state index contributed by atoms with van der Waals surface area (Å²) in [5.74, 6) is 1.74. The van der Waals surface area contributed by atoms with Crippen LogP contribution in [0.15, 0.2) is 29.3 Å². The van der Waals surface area contributed by atoms with E-state index in [1.807, 2.05) is 18.2 Å². The van der Waals surface area contributed by atoms with Gasteiger partial charge in [-0.1, -0.05) is 18.2 Å². The largest absolute Gasteiger partial charge is 0.493 e. The normalized spacial score (nSPS) is 23.1. The number of fused-ring (bicyclic) bond motifs is 1. The van der Waals surface area contributed by atoms with Crippen molar-refractivity contribution in [3.05, 3.63) is 29.8 Å². The van der Waals surface area contributed by atoms with Gasteiger partial charge >= 0.3 is 0 Å². The van der Waals surface area contributed by atoms with Crippen molar-refractivity contribution in [3.8, 4) is 5.75 Å². The summed E-state index contributed by atoms with van der Waals surface area (Å²) in [7, 11) is 3.57. The minimum atomic E-state index is -0.177. The molecule has 1 unspecified atom stereocenters. The molecule has 1 aromatic carbocycles. The number of hydrogen-bond donors (Lipinski definition) is 2. The number of methoxy groups -OCH3 is 1. The van der Waals surface area contributed by atoms with E-state index in [9.17, 15) is 0 Å². The van der Waals surface area contributed by atoms with E-state index in [0.29, 0.717) is 6.61 Å². The molecule has 0 radical (unpaired) electrons. The molecule has 0 aromatic heterocycles. The Bertz CT molecular complexity index is 570. The summed E-state index contributed by atoms with van der Waals surface area (Å²) in [6.45, 7) is 2.92. The number of para-hydroxylation sites is 1. The average molecular weight is 333 g/mol. The molecule has 6 nitrogen and oxygen atoms in total. The molecule has 0 spiro atoms. The van der Waals surface area contributed by atoms with Gasteiger partial charge < -0.3 is 24.8 Å². The predicted octanol–water partition coefficient (Wildman–Crippen LogP) is 1.87. The van der Waals surface area contributed by atoms with Crippen LogP contribution in [0, 0.1) is 0 Å². The van der Waals surface area contributed by atoms with Crippen molar-refractivity contribution in [2.24, 2.45) is 4.99 Å². The van der Waals surface area contributed by atoms with E-state index in [1.165, 1.54) is 5.56 Å². The maximum Gasteiger partial charge on any atom is 0.191 e. The van der Waals surface area contributed by atoms with Crippen LogP contribution in [0.25, 0.3) is 0 Å². The number of aliphatic imine (C=N–C) groups is 1. The quantitative estimate of drug-likeness (QED) is 0.650. The summed E-state index contributed by atoms with van der Waals surface area (Å²) >= 11 is 0. The van der Waals surface area contributed by atoms with Crippen LogP contribution in [0.5, 0.6) is 5.75 Å². The predicted molar refractivity (Wildman–Crippen MR) is 93.6 cm³/mol. The highest BCUT2D eigenvalue weighted by molar-refractivity contribution is 5.80. The second kappa shape index (κ2) is 7.85. The number of nitrogens with zero attached hydrogens (tertiary/aromatic N) is 1. The van der Waals surface area contributed by atoms with Crippen LogP contribution in [0.1, 0.15) is 30.9 Å². The second-order valence-corrected chi connectivity index (χ2v) is 6.30. The first-order valence-electron chi connectivity index (χ1n) is 8.58. The lowest BCUT2D eigenvalue weighted by molar-refractivity contribution is -0.0855. The van der Waals surface area contributed by atoms with Crippen LogP contribution in [0.4, 0.5) is 0 Å². The lowest BCUT2D eigenvalue weighted by atomic mass is 9.94. The van der Waals surface area contributed by atoms with Crippen LogP contribution in [-0.4, -0.2) is 52.1 Å². The van der Waals surface area contributed by atoms with Gasteiger partial charge in [-0.15, -0.1) is 0 Å². The molecular formula is C18H27N3O3. The zero-order valence-electron chi connectivity index (χ0n) is 14.5. The molecule has 0 aliphatic carbocycles. The smallest absolute Gasteiger partial charge is 0.191 e. The topological polar surface area (TPSA) is 64.1 Å². The maximum atomic E-state index is 5.77. The zero-order chi connectivity index (χ0) is 16.8. The molecule has 2 heterocycles. The fourth-order valence-electron chi connectivity index (χ4n) is 3.29. The fourth-order valence-corrected chi connectivity index (χ4v) is 3.29. The van der Waals surface area contributed by atoms with Gasteiger partial charge in [-0.3, -0.25) is 4.99 Å². The van der Waals surface area contributed by atoms with E-state index in [4.69, 9.17) is 14.2 Å². The van der Waals surface area contributed by atoms with Crippen molar-refractivity contribution >= 4 is 5.96 Å². The van der Waals surface area contributed by atoms with Gasteiger partial charge in [-0.25, -0.2) is 0 Å². The molecule has 2 N–H and O–H groups in total. The third-order valence-electron chi connectivity index (χ3n) is 4.91. The lowest BCUT2D eigenvalue weighted by Gasteiger charge is -2.36. The summed E-state index contributed by atoms with van der Waals surface area (Å²) in [5, 5.41) is 6.94. The summed E-state index contributed by atoms with van der Waals surface area (Å²) in [4.78, 5) is 4.37. The standard InChI is InChI=1S/C18H27N3O3/c1-19-17(20-13-18(22-2)8-11-23-12-9-18)21-15-7-10-24-16-6-4-3-5-14(15)16/h3-6,15H,7-13H2,1-2H3,(H2,19,20,21). The maximum absolute atomic E-state index is 5.77. The van der Waals surface area contributed by atoms with Crippen molar-refractivity contribution in [1.29, 1.82) is 0 Å². The molecule has 1 aromatic rings. The second-order valence-electron chi connectivity index (χ2n) is 6.30. The highest BCUT2D eigenvalue weighted by Crippen LogP contribution is 2.31. The molecule has 1 atom stereocenters. The Morgan fingerprint density at radius 3 is 2.83 bits per heavy atom. The molecule has 0 bridgehead atoms. The van der Waals surface area contributed by atoms with Crippen LogP contribution in [0.3, 0.4) is 0 Å². The number of nitrogens with one attached hydrogen (secondary N) is 2. The molecule has 0 saturated carbocycles. The van der Waals surface area contributed by atoms with Crippen molar-refractivity contribution in [2.75, 3.05) is 40.5 Å². The molecule has 6 heteroatoms. The van der Waals surface area contributed by atoms with E-state index < -0.39 is 0 Å². The van der Waals surface area contributed by atoms with Crippen LogP contribution >= 0.6 is 0 Å². The lowest BCUT2D eigenvalue weighted by Crippen LogP contribution is -2.51. The molecule has 24 heavy (non-hydrogen) atoms. The van der Waals surface area contributed by atoms with Crippen LogP contribution in [-0.2, 0) is 9.47 Å². The first kappa shape index (κ1) is 17.0. The van der Waals surface area contributed by atoms with Gasteiger partial charge in [0.25, 0.3) is 0 Å². The first-order chi connectivity index (χ1) is 11.8. The Morgan fingerprint density at radius 2 is 2.08 bits per heavy atom. The molecule has 1 saturated heterocycles. The number of rotatable bonds is 4. The van der Waals surface area contributed by atoms with Gasteiger partial charge in [0.2, 0.25) is 0 Å². The van der Waals surface area contributed by atoms with Crippen molar-refractivity contribution in [1.82, 2.24) is 10.6 Å². The summed E-state index contributed by atoms with van der Waals surface area (Å²) < 4.78 is 17.0. The van der Waals surface area contributed by atoms with Gasteiger partial charge in [0.15, 0.2) is 5.96 Å². The molecule has 132 valence electrons. The van der Waals surface area contributed by atoms with Crippen LogP contribution < -0.4 is 15.4 Å². The fraction of sp³-hybridized carbons (Fsp3) is 0.611. The molecule has 1 fully saturated rings. The van der Waals surface area contributed by atoms with Crippen LogP contribution in [0.2, 0.25) is 0 Å². The SMILES string of the molecule is CN=C(NCC1(OC)CCOCC1)NC1CCOc2ccccc21. The Balaban J connectivity index is 1.62. The third kappa shape index (κ3) is 3.82. The minimum absolute atomic E-state index is 0.177. The van der Waals surface area contributed by atoms with Gasteiger partial charge in [0.1, 0.15) is 5.75 Å². The Labute approximate surface area is 143 Å². The molecule has 3 rings (SSSR count). The van der Waals surface area contributed by atoms with Gasteiger partial charge in [-0.2, -0.15) is 0 Å². The number of benzene rings is 1. The first-order valence-corrected chi connectivity index (χ1v) is 8.58. The van der Waals surface area contributed by atoms with E-state index >= 15 is 0 Å². The number of ether oxygens (including phenoxy) is 3. The van der Waals surface area contributed by atoms with E-state index in [0.717, 1.165) is 50.7 Å². The molecule has 2 aliphatic heterocycles. The molecule has 0 amide bonds. The third-order valence-corrected chi connectivity index (χ3v) is 4.91. The van der Waals surface area contributed by atoms with Gasteiger partial charge in [0, 0.05) is 58.7 Å². The summed E-state index contributed by atoms with van der Waals surface area (Å²) in [5.41, 5.74) is 1.00. The highest BCUT2D eigenvalue weighted by atomic mass is 16.5. The number of hydrogen-bond acceptors (Lipinski definition) is 4. The highest BCUT2D eigenvalue weighted by Gasteiger charge is 2.33. The monoisotopic (exact) mass is 333 g/mol. The molecular weight excluding hydrogens is 306 g/mol. The zero-order valence-corrected chi connectivity index (χ0v) is 14.5. The van der Waals surface area contributed by atoms with E-state index in [2.05, 4.69) is 21.7 Å². The van der Waals surface area contributed by atoms with Crippen molar-refractivity contribution < 1.29 is 14.2 Å². The van der Waals surface area contributed by atoms with E-state index in [1.54, 1.807) is 14.2 Å². The average Bonchev–Trinajstić information content (AvgIpc) is 2.66. The number of guanidine groups is 1. The Kier molecular flexibility index (Phi) is 5.58. The molecule has 2 aliphatic rings. The van der Waals surface area contributed by atoms with E-state index in [-0.39, 0.29) is 11.6 Å². The van der Waals surface area contributed by atoms with Gasteiger partial charge in [0.05, 0.1) is 18.2 Å².